The number of nitrogens with zero attached hydrogens (tertiary/aromatic N) is 3. The van der Waals surface area contributed by atoms with Crippen molar-refractivity contribution in [1.82, 2.24) is 14.8 Å². The number of carbonyl (C=O) groups excluding carboxylic acids is 1. The molecule has 0 saturated heterocycles. The molecule has 0 unspecified atom stereocenters. The van der Waals surface area contributed by atoms with Gasteiger partial charge in [0, 0.05) is 16.3 Å². The fourth-order valence-electron chi connectivity index (χ4n) is 4.19. The zero-order valence-corrected chi connectivity index (χ0v) is 20.5. The Morgan fingerprint density at radius 1 is 1.06 bits per heavy atom. The summed E-state index contributed by atoms with van der Waals surface area (Å²) in [5, 5.41) is 11.3. The molecule has 2 N–H and O–H groups in total. The number of anilines is 2. The van der Waals surface area contributed by atoms with Crippen LogP contribution < -0.4 is 20.1 Å². The second-order valence-electron chi connectivity index (χ2n) is 8.20. The summed E-state index contributed by atoms with van der Waals surface area (Å²) in [6.45, 7) is 2.19. The van der Waals surface area contributed by atoms with Gasteiger partial charge in [0.15, 0.2) is 0 Å². The molecule has 0 fully saturated rings. The lowest BCUT2D eigenvalue weighted by Crippen LogP contribution is -2.31. The second kappa shape index (κ2) is 10.1. The van der Waals surface area contributed by atoms with Crippen molar-refractivity contribution in [3.05, 3.63) is 107 Å². The smallest absolute Gasteiger partial charge is 0.255 e. The summed E-state index contributed by atoms with van der Waals surface area (Å²) in [6.07, 6.45) is 1.46. The van der Waals surface area contributed by atoms with Crippen LogP contribution in [0.15, 0.2) is 90.4 Å². The number of amides is 1. The molecular formula is C27H24ClN5O3. The van der Waals surface area contributed by atoms with Crippen molar-refractivity contribution in [1.29, 1.82) is 0 Å². The van der Waals surface area contributed by atoms with Crippen LogP contribution in [0.25, 0.3) is 0 Å². The molecule has 4 aromatic rings. The first-order valence-electron chi connectivity index (χ1n) is 11.3. The van der Waals surface area contributed by atoms with E-state index in [1.165, 1.54) is 6.33 Å². The number of hydrogen-bond acceptors (Lipinski definition) is 6. The molecule has 9 heteroatoms. The Morgan fingerprint density at radius 3 is 2.56 bits per heavy atom. The van der Waals surface area contributed by atoms with E-state index in [0.29, 0.717) is 46.0 Å². The van der Waals surface area contributed by atoms with Crippen molar-refractivity contribution in [2.45, 2.75) is 19.6 Å². The standard InChI is InChI=1S/C27H24ClN5O3/c1-17-24(26(34)32-21-8-4-6-10-23(21)35-2)25(33-27(31-17)29-16-30-33)20-7-3-5-9-22(20)36-15-18-11-13-19(28)14-12-18/h3-14,16,25H,15H2,1-2H3,(H,32,34)(H,29,30,31)/t25-/m1/s1. The number of ether oxygens (including phenoxy) is 2. The topological polar surface area (TPSA) is 90.3 Å². The number of rotatable bonds is 7. The van der Waals surface area contributed by atoms with Crippen LogP contribution in [0.3, 0.4) is 0 Å². The van der Waals surface area contributed by atoms with Crippen molar-refractivity contribution in [2.75, 3.05) is 17.7 Å². The molecule has 1 aliphatic heterocycles. The molecule has 5 rings (SSSR count). The van der Waals surface area contributed by atoms with Crippen LogP contribution in [0.1, 0.15) is 24.1 Å². The zero-order chi connectivity index (χ0) is 25.1. The molecule has 3 aromatic carbocycles. The number of halogens is 1. The van der Waals surface area contributed by atoms with Gasteiger partial charge in [-0.15, -0.1) is 0 Å². The number of carbonyl (C=O) groups is 1. The van der Waals surface area contributed by atoms with Gasteiger partial charge in [-0.25, -0.2) is 4.68 Å². The van der Waals surface area contributed by atoms with E-state index in [4.69, 9.17) is 21.1 Å². The predicted octanol–water partition coefficient (Wildman–Crippen LogP) is 5.45. The first-order valence-corrected chi connectivity index (χ1v) is 11.7. The average molecular weight is 502 g/mol. The Hall–Kier alpha value is -4.30. The van der Waals surface area contributed by atoms with Crippen molar-refractivity contribution >= 4 is 29.1 Å². The first kappa shape index (κ1) is 23.4. The number of allylic oxidation sites excluding steroid dienone is 1. The highest BCUT2D eigenvalue weighted by Gasteiger charge is 2.35. The number of benzene rings is 3. The fourth-order valence-corrected chi connectivity index (χ4v) is 4.32. The van der Waals surface area contributed by atoms with Gasteiger partial charge in [-0.3, -0.25) is 4.79 Å². The van der Waals surface area contributed by atoms with E-state index in [0.717, 1.165) is 11.1 Å². The summed E-state index contributed by atoms with van der Waals surface area (Å²) in [4.78, 5) is 18.0. The van der Waals surface area contributed by atoms with E-state index in [9.17, 15) is 4.79 Å². The second-order valence-corrected chi connectivity index (χ2v) is 8.64. The third-order valence-corrected chi connectivity index (χ3v) is 6.17. The molecule has 1 aromatic heterocycles. The van der Waals surface area contributed by atoms with Gasteiger partial charge in [-0.05, 0) is 42.8 Å². The molecule has 0 saturated carbocycles. The van der Waals surface area contributed by atoms with Crippen LogP contribution in [0, 0.1) is 0 Å². The summed E-state index contributed by atoms with van der Waals surface area (Å²) in [5.74, 6) is 1.45. The van der Waals surface area contributed by atoms with Gasteiger partial charge in [-0.2, -0.15) is 10.1 Å². The Bertz CT molecular complexity index is 1430. The largest absolute Gasteiger partial charge is 0.495 e. The summed E-state index contributed by atoms with van der Waals surface area (Å²) in [6, 6.07) is 21.8. The summed E-state index contributed by atoms with van der Waals surface area (Å²) >= 11 is 6.02. The number of hydrogen-bond donors (Lipinski definition) is 2. The average Bonchev–Trinajstić information content (AvgIpc) is 3.36. The highest BCUT2D eigenvalue weighted by Crippen LogP contribution is 2.39. The molecule has 0 radical (unpaired) electrons. The van der Waals surface area contributed by atoms with E-state index in [2.05, 4.69) is 20.7 Å². The minimum absolute atomic E-state index is 0.289. The lowest BCUT2D eigenvalue weighted by molar-refractivity contribution is -0.113. The van der Waals surface area contributed by atoms with Crippen LogP contribution in [-0.4, -0.2) is 27.8 Å². The summed E-state index contributed by atoms with van der Waals surface area (Å²) < 4.78 is 13.3. The normalized spacial score (nSPS) is 14.6. The van der Waals surface area contributed by atoms with Crippen LogP contribution in [0.4, 0.5) is 11.6 Å². The van der Waals surface area contributed by atoms with Crippen LogP contribution in [-0.2, 0) is 11.4 Å². The number of aromatic nitrogens is 3. The lowest BCUT2D eigenvalue weighted by Gasteiger charge is -2.30. The Balaban J connectivity index is 1.52. The van der Waals surface area contributed by atoms with Gasteiger partial charge in [0.1, 0.15) is 30.5 Å². The van der Waals surface area contributed by atoms with Crippen molar-refractivity contribution < 1.29 is 14.3 Å². The molecule has 1 amide bonds. The Labute approximate surface area is 213 Å². The van der Waals surface area contributed by atoms with Gasteiger partial charge >= 0.3 is 0 Å². The predicted molar refractivity (Wildman–Crippen MR) is 138 cm³/mol. The van der Waals surface area contributed by atoms with Gasteiger partial charge in [0.25, 0.3) is 5.91 Å². The SMILES string of the molecule is COc1ccccc1NC(=O)C1=C(C)Nc2ncnn2[C@@H]1c1ccccc1OCc1ccc(Cl)cc1. The molecule has 8 nitrogen and oxygen atoms in total. The molecule has 1 aliphatic rings. The highest BCUT2D eigenvalue weighted by molar-refractivity contribution is 6.30. The fraction of sp³-hybridized carbons (Fsp3) is 0.148. The number of methoxy groups -OCH3 is 1. The van der Waals surface area contributed by atoms with Gasteiger partial charge in [-0.1, -0.05) is 54.1 Å². The minimum Gasteiger partial charge on any atom is -0.495 e. The number of fused-ring (bicyclic) bond motifs is 1. The molecule has 0 aliphatic carbocycles. The van der Waals surface area contributed by atoms with E-state index < -0.39 is 6.04 Å². The summed E-state index contributed by atoms with van der Waals surface area (Å²) in [7, 11) is 1.57. The first-order chi connectivity index (χ1) is 17.5. The van der Waals surface area contributed by atoms with E-state index >= 15 is 0 Å². The van der Waals surface area contributed by atoms with Crippen molar-refractivity contribution in [2.24, 2.45) is 0 Å². The monoisotopic (exact) mass is 501 g/mol. The maximum atomic E-state index is 13.7. The highest BCUT2D eigenvalue weighted by atomic mass is 35.5. The van der Waals surface area contributed by atoms with Crippen molar-refractivity contribution in [3.63, 3.8) is 0 Å². The zero-order valence-electron chi connectivity index (χ0n) is 19.7. The molecule has 36 heavy (non-hydrogen) atoms. The van der Waals surface area contributed by atoms with Gasteiger partial charge in [0.2, 0.25) is 5.95 Å². The van der Waals surface area contributed by atoms with Crippen LogP contribution >= 0.6 is 11.6 Å². The minimum atomic E-state index is -0.570. The van der Waals surface area contributed by atoms with E-state index in [-0.39, 0.29) is 5.91 Å². The number of para-hydroxylation sites is 3. The molecule has 0 spiro atoms. The molecule has 1 atom stereocenters. The van der Waals surface area contributed by atoms with Crippen LogP contribution in [0.5, 0.6) is 11.5 Å². The lowest BCUT2D eigenvalue weighted by atomic mass is 9.94. The van der Waals surface area contributed by atoms with E-state index in [1.807, 2.05) is 67.6 Å². The van der Waals surface area contributed by atoms with Gasteiger partial charge < -0.3 is 20.1 Å². The maximum Gasteiger partial charge on any atom is 0.255 e. The number of nitrogens with one attached hydrogen (secondary N) is 2. The molecule has 182 valence electrons. The third-order valence-electron chi connectivity index (χ3n) is 5.92. The van der Waals surface area contributed by atoms with Gasteiger partial charge in [0.05, 0.1) is 18.4 Å². The molecular weight excluding hydrogens is 478 g/mol. The molecule has 0 bridgehead atoms. The Kier molecular flexibility index (Phi) is 6.60. The van der Waals surface area contributed by atoms with Crippen molar-refractivity contribution in [3.8, 4) is 11.5 Å². The van der Waals surface area contributed by atoms with E-state index in [1.54, 1.807) is 23.9 Å². The maximum absolute atomic E-state index is 13.7. The quantitative estimate of drug-likeness (QED) is 0.350. The third kappa shape index (κ3) is 4.63. The molecule has 2 heterocycles. The Morgan fingerprint density at radius 2 is 1.78 bits per heavy atom. The summed E-state index contributed by atoms with van der Waals surface area (Å²) in [5.41, 5.74) is 3.48. The van der Waals surface area contributed by atoms with Crippen LogP contribution in [0.2, 0.25) is 5.02 Å².